The van der Waals surface area contributed by atoms with Gasteiger partial charge in [-0.25, -0.2) is 4.98 Å². The average Bonchev–Trinajstić information content (AvgIpc) is 3.12. The molecule has 0 saturated carbocycles. The van der Waals surface area contributed by atoms with Crippen molar-refractivity contribution in [3.63, 3.8) is 0 Å². The number of rotatable bonds is 2. The van der Waals surface area contributed by atoms with Crippen LogP contribution in [-0.2, 0) is 13.2 Å². The van der Waals surface area contributed by atoms with Crippen LogP contribution in [-0.4, -0.2) is 14.5 Å². The number of hydrogen-bond acceptors (Lipinski definition) is 2. The van der Waals surface area contributed by atoms with Crippen LogP contribution in [0.15, 0.2) is 42.6 Å². The molecule has 4 rings (SSSR count). The average molecular weight is 365 g/mol. The zero-order chi connectivity index (χ0) is 17.8. The van der Waals surface area contributed by atoms with Gasteiger partial charge in [0.05, 0.1) is 21.6 Å². The van der Waals surface area contributed by atoms with E-state index in [2.05, 4.69) is 15.3 Å². The normalized spacial score (nSPS) is 12.2. The van der Waals surface area contributed by atoms with Crippen LogP contribution >= 0.6 is 11.6 Å². The number of aromatic amines is 1. The summed E-state index contributed by atoms with van der Waals surface area (Å²) in [6.45, 7) is 0. The number of anilines is 2. The van der Waals surface area contributed by atoms with Crippen molar-refractivity contribution < 1.29 is 13.2 Å². The molecule has 0 bridgehead atoms. The summed E-state index contributed by atoms with van der Waals surface area (Å²) in [5.74, 6) is 0.427. The van der Waals surface area contributed by atoms with E-state index in [1.54, 1.807) is 23.9 Å². The number of aryl methyl sites for hydroxylation is 1. The van der Waals surface area contributed by atoms with Crippen molar-refractivity contribution >= 4 is 45.2 Å². The molecule has 0 saturated heterocycles. The summed E-state index contributed by atoms with van der Waals surface area (Å²) in [4.78, 5) is 7.35. The van der Waals surface area contributed by atoms with E-state index in [1.807, 2.05) is 12.1 Å². The first kappa shape index (κ1) is 15.8. The fourth-order valence-corrected chi connectivity index (χ4v) is 3.09. The molecule has 8 heteroatoms. The van der Waals surface area contributed by atoms with E-state index in [0.29, 0.717) is 22.2 Å². The van der Waals surface area contributed by atoms with Gasteiger partial charge in [-0.15, -0.1) is 0 Å². The van der Waals surface area contributed by atoms with Gasteiger partial charge in [-0.1, -0.05) is 11.6 Å². The van der Waals surface area contributed by atoms with Gasteiger partial charge >= 0.3 is 6.18 Å². The highest BCUT2D eigenvalue weighted by Crippen LogP contribution is 2.33. The van der Waals surface area contributed by atoms with Crippen molar-refractivity contribution in [2.75, 3.05) is 5.32 Å². The zero-order valence-corrected chi connectivity index (χ0v) is 13.7. The van der Waals surface area contributed by atoms with E-state index in [9.17, 15) is 13.2 Å². The Hall–Kier alpha value is -2.67. The van der Waals surface area contributed by atoms with Gasteiger partial charge < -0.3 is 14.9 Å². The number of halogens is 4. The molecule has 0 aliphatic heterocycles. The van der Waals surface area contributed by atoms with Crippen LogP contribution in [0.5, 0.6) is 0 Å². The van der Waals surface area contributed by atoms with Gasteiger partial charge in [0.25, 0.3) is 0 Å². The highest BCUT2D eigenvalue weighted by Gasteiger charge is 2.31. The molecule has 2 heterocycles. The molecular weight excluding hydrogens is 353 g/mol. The number of alkyl halides is 3. The lowest BCUT2D eigenvalue weighted by atomic mass is 10.2. The highest BCUT2D eigenvalue weighted by atomic mass is 35.5. The second-order valence-corrected chi connectivity index (χ2v) is 6.12. The van der Waals surface area contributed by atoms with Crippen molar-refractivity contribution in [1.82, 2.24) is 14.5 Å². The molecule has 25 heavy (non-hydrogen) atoms. The van der Waals surface area contributed by atoms with Crippen molar-refractivity contribution in [3.8, 4) is 0 Å². The number of aromatic nitrogens is 3. The van der Waals surface area contributed by atoms with Crippen LogP contribution < -0.4 is 5.32 Å². The standard InChI is InChI=1S/C17H12ClF3N4/c1-25-15-3-2-9(17(19,20)21)6-14(15)24-16(25)23-10-7-12(18)11-4-5-22-13(11)8-10/h2-8,22H,1H3,(H,23,24). The minimum atomic E-state index is -4.40. The van der Waals surface area contributed by atoms with E-state index in [1.165, 1.54) is 6.07 Å². The van der Waals surface area contributed by atoms with Gasteiger partial charge in [0.15, 0.2) is 0 Å². The van der Waals surface area contributed by atoms with E-state index < -0.39 is 11.7 Å². The Kier molecular flexibility index (Phi) is 3.43. The lowest BCUT2D eigenvalue weighted by Gasteiger charge is -2.07. The first-order chi connectivity index (χ1) is 11.8. The maximum absolute atomic E-state index is 12.9. The van der Waals surface area contributed by atoms with Gasteiger partial charge in [0.1, 0.15) is 0 Å². The Morgan fingerprint density at radius 2 is 1.96 bits per heavy atom. The molecule has 4 aromatic rings. The predicted molar refractivity (Wildman–Crippen MR) is 92.3 cm³/mol. The monoisotopic (exact) mass is 364 g/mol. The van der Waals surface area contributed by atoms with E-state index >= 15 is 0 Å². The second-order valence-electron chi connectivity index (χ2n) is 5.72. The van der Waals surface area contributed by atoms with Gasteiger partial charge in [0, 0.05) is 29.8 Å². The number of nitrogens with one attached hydrogen (secondary N) is 2. The first-order valence-corrected chi connectivity index (χ1v) is 7.78. The Morgan fingerprint density at radius 3 is 2.72 bits per heavy atom. The summed E-state index contributed by atoms with van der Waals surface area (Å²) < 4.78 is 40.3. The van der Waals surface area contributed by atoms with Gasteiger partial charge in [-0.2, -0.15) is 13.2 Å². The lowest BCUT2D eigenvalue weighted by Crippen LogP contribution is -2.04. The molecule has 0 amide bonds. The first-order valence-electron chi connectivity index (χ1n) is 7.40. The molecule has 0 fully saturated rings. The summed E-state index contributed by atoms with van der Waals surface area (Å²) in [5.41, 5.74) is 1.69. The summed E-state index contributed by atoms with van der Waals surface area (Å²) in [6.07, 6.45) is -2.61. The molecule has 2 aromatic carbocycles. The molecule has 2 aromatic heterocycles. The van der Waals surface area contributed by atoms with E-state index in [-0.39, 0.29) is 5.52 Å². The van der Waals surface area contributed by atoms with E-state index in [0.717, 1.165) is 23.0 Å². The molecule has 0 unspecified atom stereocenters. The molecule has 0 radical (unpaired) electrons. The SMILES string of the molecule is Cn1c(Nc2cc(Cl)c3cc[nH]c3c2)nc2cc(C(F)(F)F)ccc21. The Labute approximate surface area is 145 Å². The van der Waals surface area contributed by atoms with Gasteiger partial charge in [-0.3, -0.25) is 0 Å². The Morgan fingerprint density at radius 1 is 1.16 bits per heavy atom. The maximum atomic E-state index is 12.9. The van der Waals surface area contributed by atoms with Crippen molar-refractivity contribution in [2.24, 2.45) is 7.05 Å². The number of benzene rings is 2. The number of hydrogen-bond donors (Lipinski definition) is 2. The van der Waals surface area contributed by atoms with Crippen LogP contribution in [0.3, 0.4) is 0 Å². The maximum Gasteiger partial charge on any atom is 0.416 e. The number of fused-ring (bicyclic) bond motifs is 2. The largest absolute Gasteiger partial charge is 0.416 e. The minimum Gasteiger partial charge on any atom is -0.361 e. The van der Waals surface area contributed by atoms with Crippen LogP contribution in [0, 0.1) is 0 Å². The van der Waals surface area contributed by atoms with Crippen LogP contribution in [0.1, 0.15) is 5.56 Å². The summed E-state index contributed by atoms with van der Waals surface area (Å²) in [7, 11) is 1.74. The molecule has 128 valence electrons. The highest BCUT2D eigenvalue weighted by molar-refractivity contribution is 6.35. The summed E-state index contributed by atoms with van der Waals surface area (Å²) in [5, 5.41) is 4.57. The van der Waals surface area contributed by atoms with E-state index in [4.69, 9.17) is 11.6 Å². The molecular formula is C17H12ClF3N4. The Balaban J connectivity index is 1.76. The third-order valence-electron chi connectivity index (χ3n) is 4.08. The van der Waals surface area contributed by atoms with Crippen LogP contribution in [0.2, 0.25) is 5.02 Å². The molecule has 0 atom stereocenters. The second kappa shape index (κ2) is 5.42. The Bertz CT molecular complexity index is 1090. The predicted octanol–water partition coefficient (Wildman–Crippen LogP) is 5.47. The molecule has 0 aliphatic rings. The quantitative estimate of drug-likeness (QED) is 0.495. The van der Waals surface area contributed by atoms with Crippen LogP contribution in [0.25, 0.3) is 21.9 Å². The number of imidazole rings is 1. The number of nitrogens with zero attached hydrogens (tertiary/aromatic N) is 2. The third-order valence-corrected chi connectivity index (χ3v) is 4.40. The molecule has 0 aliphatic carbocycles. The van der Waals surface area contributed by atoms with Crippen molar-refractivity contribution in [1.29, 1.82) is 0 Å². The number of H-pyrrole nitrogens is 1. The minimum absolute atomic E-state index is 0.270. The molecule has 2 N–H and O–H groups in total. The lowest BCUT2D eigenvalue weighted by molar-refractivity contribution is -0.137. The topological polar surface area (TPSA) is 45.6 Å². The fourth-order valence-electron chi connectivity index (χ4n) is 2.81. The van der Waals surface area contributed by atoms with Gasteiger partial charge in [-0.05, 0) is 36.4 Å². The summed E-state index contributed by atoms with van der Waals surface area (Å²) >= 11 is 6.25. The fraction of sp³-hybridized carbons (Fsp3) is 0.118. The van der Waals surface area contributed by atoms with Crippen LogP contribution in [0.4, 0.5) is 24.8 Å². The molecule has 0 spiro atoms. The van der Waals surface area contributed by atoms with Crippen molar-refractivity contribution in [2.45, 2.75) is 6.18 Å². The smallest absolute Gasteiger partial charge is 0.361 e. The third kappa shape index (κ3) is 2.70. The zero-order valence-electron chi connectivity index (χ0n) is 12.9. The van der Waals surface area contributed by atoms with Gasteiger partial charge in [0.2, 0.25) is 5.95 Å². The summed E-state index contributed by atoms with van der Waals surface area (Å²) in [6, 6.07) is 8.99. The molecule has 4 nitrogen and oxygen atoms in total. The van der Waals surface area contributed by atoms with Crippen molar-refractivity contribution in [3.05, 3.63) is 53.2 Å².